The average Bonchev–Trinajstić information content (AvgIpc) is 3.13. The third-order valence-electron chi connectivity index (χ3n) is 4.84. The van der Waals surface area contributed by atoms with Crippen LogP contribution in [0.4, 0.5) is 15.8 Å². The lowest BCUT2D eigenvalue weighted by Crippen LogP contribution is -2.28. The SMILES string of the molecule is Cc1ccc(F)c(N2C(=O)CSC2c2cccc(NC(=O)c3ccc(Cl)c(Cl)c3)c2)c1. The van der Waals surface area contributed by atoms with Crippen LogP contribution < -0.4 is 10.2 Å². The predicted molar refractivity (Wildman–Crippen MR) is 125 cm³/mol. The van der Waals surface area contributed by atoms with Crippen molar-refractivity contribution in [2.75, 3.05) is 16.0 Å². The van der Waals surface area contributed by atoms with E-state index in [9.17, 15) is 14.0 Å². The second-order valence-electron chi connectivity index (χ2n) is 7.09. The fourth-order valence-corrected chi connectivity index (χ4v) is 4.81. The second kappa shape index (κ2) is 8.91. The van der Waals surface area contributed by atoms with Crippen molar-refractivity contribution in [1.82, 2.24) is 0 Å². The molecule has 1 saturated heterocycles. The highest BCUT2D eigenvalue weighted by molar-refractivity contribution is 8.00. The van der Waals surface area contributed by atoms with E-state index < -0.39 is 11.2 Å². The van der Waals surface area contributed by atoms with Gasteiger partial charge in [-0.15, -0.1) is 11.8 Å². The molecule has 0 radical (unpaired) electrons. The molecular formula is C23H17Cl2FN2O2S. The molecule has 0 saturated carbocycles. The van der Waals surface area contributed by atoms with Crippen LogP contribution in [0.5, 0.6) is 0 Å². The molecule has 1 atom stereocenters. The topological polar surface area (TPSA) is 49.4 Å². The monoisotopic (exact) mass is 474 g/mol. The fourth-order valence-electron chi connectivity index (χ4n) is 3.35. The molecule has 8 heteroatoms. The summed E-state index contributed by atoms with van der Waals surface area (Å²) in [6.07, 6.45) is 0. The largest absolute Gasteiger partial charge is 0.322 e. The summed E-state index contributed by atoms with van der Waals surface area (Å²) >= 11 is 13.3. The number of rotatable bonds is 4. The van der Waals surface area contributed by atoms with Crippen molar-refractivity contribution in [1.29, 1.82) is 0 Å². The number of anilines is 2. The molecule has 1 fully saturated rings. The minimum Gasteiger partial charge on any atom is -0.322 e. The molecule has 0 aliphatic carbocycles. The average molecular weight is 475 g/mol. The predicted octanol–water partition coefficient (Wildman–Crippen LogP) is 6.47. The number of nitrogens with one attached hydrogen (secondary N) is 1. The zero-order valence-electron chi connectivity index (χ0n) is 16.4. The Morgan fingerprint density at radius 3 is 2.68 bits per heavy atom. The molecule has 1 heterocycles. The van der Waals surface area contributed by atoms with Crippen molar-refractivity contribution in [3.63, 3.8) is 0 Å². The highest BCUT2D eigenvalue weighted by Crippen LogP contribution is 2.43. The summed E-state index contributed by atoms with van der Waals surface area (Å²) in [5.74, 6) is -0.703. The summed E-state index contributed by atoms with van der Waals surface area (Å²) in [5, 5.41) is 3.09. The van der Waals surface area contributed by atoms with Crippen molar-refractivity contribution in [2.24, 2.45) is 0 Å². The molecule has 31 heavy (non-hydrogen) atoms. The van der Waals surface area contributed by atoms with Gasteiger partial charge in [0.15, 0.2) is 0 Å². The molecule has 158 valence electrons. The Bertz CT molecular complexity index is 1190. The molecule has 1 N–H and O–H groups in total. The molecule has 2 amide bonds. The van der Waals surface area contributed by atoms with Gasteiger partial charge in [-0.3, -0.25) is 14.5 Å². The van der Waals surface area contributed by atoms with Crippen LogP contribution in [0.15, 0.2) is 60.7 Å². The summed E-state index contributed by atoms with van der Waals surface area (Å²) in [7, 11) is 0. The van der Waals surface area contributed by atoms with Gasteiger partial charge in [0.25, 0.3) is 5.91 Å². The van der Waals surface area contributed by atoms with E-state index >= 15 is 0 Å². The Balaban J connectivity index is 1.61. The van der Waals surface area contributed by atoms with Gasteiger partial charge in [-0.1, -0.05) is 41.4 Å². The number of hydrogen-bond donors (Lipinski definition) is 1. The number of amides is 2. The summed E-state index contributed by atoms with van der Waals surface area (Å²) in [5.41, 5.74) is 2.82. The van der Waals surface area contributed by atoms with Crippen LogP contribution in [0.3, 0.4) is 0 Å². The molecule has 0 aromatic heterocycles. The molecule has 3 aromatic rings. The summed E-state index contributed by atoms with van der Waals surface area (Å²) in [6, 6.07) is 16.5. The first-order valence-electron chi connectivity index (χ1n) is 9.39. The second-order valence-corrected chi connectivity index (χ2v) is 8.97. The van der Waals surface area contributed by atoms with Crippen molar-refractivity contribution in [3.05, 3.63) is 93.2 Å². The summed E-state index contributed by atoms with van der Waals surface area (Å²) < 4.78 is 14.5. The van der Waals surface area contributed by atoms with Gasteiger partial charge in [-0.2, -0.15) is 0 Å². The van der Waals surface area contributed by atoms with Gasteiger partial charge in [0, 0.05) is 11.3 Å². The van der Waals surface area contributed by atoms with E-state index in [-0.39, 0.29) is 23.3 Å². The number of aryl methyl sites for hydroxylation is 1. The number of halogens is 3. The van der Waals surface area contributed by atoms with Gasteiger partial charge in [-0.25, -0.2) is 4.39 Å². The Morgan fingerprint density at radius 2 is 1.90 bits per heavy atom. The molecule has 1 aliphatic rings. The van der Waals surface area contributed by atoms with Gasteiger partial charge >= 0.3 is 0 Å². The number of benzene rings is 3. The van der Waals surface area contributed by atoms with Gasteiger partial charge in [-0.05, 0) is 60.5 Å². The maximum Gasteiger partial charge on any atom is 0.255 e. The van der Waals surface area contributed by atoms with Gasteiger partial charge in [0.2, 0.25) is 5.91 Å². The first-order chi connectivity index (χ1) is 14.8. The van der Waals surface area contributed by atoms with Crippen LogP contribution in [-0.2, 0) is 4.79 Å². The van der Waals surface area contributed by atoms with Crippen LogP contribution in [0, 0.1) is 12.7 Å². The maximum absolute atomic E-state index is 14.5. The molecule has 4 nitrogen and oxygen atoms in total. The molecule has 3 aromatic carbocycles. The lowest BCUT2D eigenvalue weighted by atomic mass is 10.1. The number of carbonyl (C=O) groups excluding carboxylic acids is 2. The standard InChI is InChI=1S/C23H17Cl2FN2O2S/c1-13-5-8-19(26)20(9-13)28-21(29)12-31-23(28)15-3-2-4-16(10-15)27-22(30)14-6-7-17(24)18(25)11-14/h2-11,23H,12H2,1H3,(H,27,30). The van der Waals surface area contributed by atoms with Crippen LogP contribution in [0.2, 0.25) is 10.0 Å². The smallest absolute Gasteiger partial charge is 0.255 e. The van der Waals surface area contributed by atoms with Crippen molar-refractivity contribution < 1.29 is 14.0 Å². The van der Waals surface area contributed by atoms with Crippen molar-refractivity contribution in [2.45, 2.75) is 12.3 Å². The highest BCUT2D eigenvalue weighted by Gasteiger charge is 2.35. The number of carbonyl (C=O) groups is 2. The summed E-state index contributed by atoms with van der Waals surface area (Å²) in [4.78, 5) is 26.7. The molecule has 1 aliphatic heterocycles. The van der Waals surface area contributed by atoms with Crippen molar-refractivity contribution >= 4 is 58.2 Å². The Hall–Kier alpha value is -2.54. The Labute approximate surface area is 193 Å². The molecular weight excluding hydrogens is 458 g/mol. The van der Waals surface area contributed by atoms with Gasteiger partial charge in [0.1, 0.15) is 11.2 Å². The minimum atomic E-state index is -0.449. The quantitative estimate of drug-likeness (QED) is 0.471. The molecule has 0 spiro atoms. The zero-order chi connectivity index (χ0) is 22.1. The normalized spacial score (nSPS) is 15.9. The number of thioether (sulfide) groups is 1. The maximum atomic E-state index is 14.5. The number of hydrogen-bond acceptors (Lipinski definition) is 3. The minimum absolute atomic E-state index is 0.162. The van der Waals surface area contributed by atoms with E-state index in [0.29, 0.717) is 21.3 Å². The van der Waals surface area contributed by atoms with Crippen molar-refractivity contribution in [3.8, 4) is 0 Å². The number of nitrogens with zero attached hydrogens (tertiary/aromatic N) is 1. The van der Waals surface area contributed by atoms with E-state index in [4.69, 9.17) is 23.2 Å². The zero-order valence-corrected chi connectivity index (χ0v) is 18.7. The highest BCUT2D eigenvalue weighted by atomic mass is 35.5. The first kappa shape index (κ1) is 21.7. The lowest BCUT2D eigenvalue weighted by Gasteiger charge is -2.25. The third kappa shape index (κ3) is 4.56. The molecule has 1 unspecified atom stereocenters. The fraction of sp³-hybridized carbons (Fsp3) is 0.130. The Morgan fingerprint density at radius 1 is 1.10 bits per heavy atom. The van der Waals surface area contributed by atoms with E-state index in [1.807, 2.05) is 13.0 Å². The van der Waals surface area contributed by atoms with Gasteiger partial charge in [0.05, 0.1) is 21.5 Å². The lowest BCUT2D eigenvalue weighted by molar-refractivity contribution is -0.115. The van der Waals surface area contributed by atoms with Crippen LogP contribution >= 0.6 is 35.0 Å². The van der Waals surface area contributed by atoms with E-state index in [1.54, 1.807) is 42.5 Å². The third-order valence-corrected chi connectivity index (χ3v) is 6.79. The van der Waals surface area contributed by atoms with Gasteiger partial charge < -0.3 is 5.32 Å². The summed E-state index contributed by atoms with van der Waals surface area (Å²) in [6.45, 7) is 1.85. The van der Waals surface area contributed by atoms with E-state index in [1.165, 1.54) is 28.8 Å². The van der Waals surface area contributed by atoms with Crippen LogP contribution in [0.1, 0.15) is 26.9 Å². The molecule has 4 rings (SSSR count). The first-order valence-corrected chi connectivity index (χ1v) is 11.2. The van der Waals surface area contributed by atoms with Crippen LogP contribution in [0.25, 0.3) is 0 Å². The molecule has 0 bridgehead atoms. The van der Waals surface area contributed by atoms with Crippen LogP contribution in [-0.4, -0.2) is 17.6 Å². The van der Waals surface area contributed by atoms with E-state index in [2.05, 4.69) is 5.32 Å². The van der Waals surface area contributed by atoms with E-state index in [0.717, 1.165) is 11.1 Å². The Kier molecular flexibility index (Phi) is 6.23.